The summed E-state index contributed by atoms with van der Waals surface area (Å²) >= 11 is 0. The molecule has 0 aliphatic carbocycles. The summed E-state index contributed by atoms with van der Waals surface area (Å²) in [5.41, 5.74) is -0.398. The van der Waals surface area contributed by atoms with Gasteiger partial charge in [0.1, 0.15) is 12.4 Å². The number of ether oxygens (including phenoxy) is 1. The van der Waals surface area contributed by atoms with Crippen LogP contribution in [0.25, 0.3) is 0 Å². The third kappa shape index (κ3) is 6.66. The molecule has 0 rings (SSSR count). The first-order valence-corrected chi connectivity index (χ1v) is 11.7. The summed E-state index contributed by atoms with van der Waals surface area (Å²) in [5, 5.41) is -0.0884. The summed E-state index contributed by atoms with van der Waals surface area (Å²) in [5.74, 6) is -1.64. The second kappa shape index (κ2) is 8.58. The molecule has 0 unspecified atom stereocenters. The van der Waals surface area contributed by atoms with Crippen LogP contribution >= 0.6 is 0 Å². The number of ketones is 1. The lowest BCUT2D eigenvalue weighted by Gasteiger charge is -2.43. The van der Waals surface area contributed by atoms with Crippen molar-refractivity contribution in [1.29, 1.82) is 0 Å². The Kier molecular flexibility index (Phi) is 8.23. The van der Waals surface area contributed by atoms with Gasteiger partial charge in [-0.1, -0.05) is 41.5 Å². The zero-order valence-corrected chi connectivity index (χ0v) is 18.6. The van der Waals surface area contributed by atoms with E-state index in [2.05, 4.69) is 33.9 Å². The molecule has 0 heterocycles. The lowest BCUT2D eigenvalue weighted by Crippen LogP contribution is -2.51. The quantitative estimate of drug-likeness (QED) is 0.366. The molecule has 0 bridgehead atoms. The first kappa shape index (κ1) is 24.0. The number of methoxy groups -OCH3 is 1. The highest BCUT2D eigenvalue weighted by Gasteiger charge is 2.46. The van der Waals surface area contributed by atoms with E-state index in [0.29, 0.717) is 0 Å². The van der Waals surface area contributed by atoms with Crippen molar-refractivity contribution < 1.29 is 23.5 Å². The second-order valence-corrected chi connectivity index (χ2v) is 14.1. The second-order valence-electron chi connectivity index (χ2n) is 9.38. The molecule has 0 saturated carbocycles. The number of rotatable bonds is 8. The van der Waals surface area contributed by atoms with Crippen LogP contribution in [0, 0.1) is 17.3 Å². The van der Waals surface area contributed by atoms with E-state index in [0.717, 1.165) is 6.29 Å². The van der Waals surface area contributed by atoms with Crippen molar-refractivity contribution in [2.75, 3.05) is 7.11 Å². The van der Waals surface area contributed by atoms with Gasteiger partial charge in [-0.3, -0.25) is 9.59 Å². The minimum Gasteiger partial charge on any atom is -0.469 e. The molecule has 0 spiro atoms. The van der Waals surface area contributed by atoms with Gasteiger partial charge in [-0.15, -0.1) is 0 Å². The minimum absolute atomic E-state index is 0.0178. The standard InChI is InChI=1S/C19H36O5Si/c1-13(21)17(24-25(9,10)19(5,6)7)14(11-16(22)23-8)15(12-20)18(2,3)4/h12,14-15,17H,11H2,1-10H3/t14-,15-,17+/m1/s1. The molecule has 5 nitrogen and oxygen atoms in total. The Bertz CT molecular complexity index is 485. The van der Waals surface area contributed by atoms with Gasteiger partial charge in [0.25, 0.3) is 0 Å². The van der Waals surface area contributed by atoms with Crippen LogP contribution in [0.2, 0.25) is 18.1 Å². The van der Waals surface area contributed by atoms with E-state index in [1.807, 2.05) is 20.8 Å². The Morgan fingerprint density at radius 1 is 1.08 bits per heavy atom. The molecule has 0 aromatic carbocycles. The molecule has 0 N–H and O–H groups in total. The Labute approximate surface area is 154 Å². The lowest BCUT2D eigenvalue weighted by atomic mass is 9.70. The molecular weight excluding hydrogens is 336 g/mol. The average molecular weight is 373 g/mol. The first-order chi connectivity index (χ1) is 11.1. The number of esters is 1. The molecule has 6 heteroatoms. The molecular formula is C19H36O5Si. The third-order valence-electron chi connectivity index (χ3n) is 5.26. The molecule has 146 valence electrons. The van der Waals surface area contributed by atoms with Gasteiger partial charge >= 0.3 is 5.97 Å². The SMILES string of the molecule is COC(=O)C[C@H]([C@@H](C=O)C(C)(C)C)[C@@H](O[Si](C)(C)C(C)(C)C)C(C)=O. The Hall–Kier alpha value is -1.01. The Balaban J connectivity index is 6.00. The van der Waals surface area contributed by atoms with Crippen LogP contribution in [-0.4, -0.2) is 39.6 Å². The molecule has 0 aromatic rings. The topological polar surface area (TPSA) is 69.7 Å². The number of Topliss-reactive ketones (excluding diaryl/α,β-unsaturated/α-hetero) is 1. The Morgan fingerprint density at radius 2 is 1.56 bits per heavy atom. The highest BCUT2D eigenvalue weighted by molar-refractivity contribution is 6.74. The fraction of sp³-hybridized carbons (Fsp3) is 0.842. The number of hydrogen-bond acceptors (Lipinski definition) is 5. The normalized spacial score (nSPS) is 16.7. The van der Waals surface area contributed by atoms with Crippen molar-refractivity contribution in [3.8, 4) is 0 Å². The predicted molar refractivity (Wildman–Crippen MR) is 102 cm³/mol. The van der Waals surface area contributed by atoms with Crippen molar-refractivity contribution in [2.24, 2.45) is 17.3 Å². The molecule has 0 aliphatic rings. The summed E-state index contributed by atoms with van der Waals surface area (Å²) in [6, 6.07) is 0. The summed E-state index contributed by atoms with van der Waals surface area (Å²) < 4.78 is 11.2. The van der Waals surface area contributed by atoms with Crippen molar-refractivity contribution in [3.05, 3.63) is 0 Å². The van der Waals surface area contributed by atoms with Crippen LogP contribution in [-0.2, 0) is 23.5 Å². The summed E-state index contributed by atoms with van der Waals surface area (Å²) in [7, 11) is -0.952. The molecule has 0 saturated heterocycles. The maximum Gasteiger partial charge on any atom is 0.305 e. The number of aldehydes is 1. The van der Waals surface area contributed by atoms with Crippen LogP contribution in [0.5, 0.6) is 0 Å². The Morgan fingerprint density at radius 3 is 1.84 bits per heavy atom. The molecule has 3 atom stereocenters. The highest BCUT2D eigenvalue weighted by Crippen LogP contribution is 2.41. The molecule has 0 radical (unpaired) electrons. The third-order valence-corrected chi connectivity index (χ3v) is 9.71. The van der Waals surface area contributed by atoms with E-state index in [-0.39, 0.29) is 17.2 Å². The van der Waals surface area contributed by atoms with Gasteiger partial charge in [0, 0.05) is 11.8 Å². The number of carbonyl (C=O) groups excluding carboxylic acids is 3. The van der Waals surface area contributed by atoms with E-state index in [9.17, 15) is 14.4 Å². The maximum atomic E-state index is 12.4. The first-order valence-electron chi connectivity index (χ1n) is 8.79. The zero-order valence-electron chi connectivity index (χ0n) is 17.6. The summed E-state index contributed by atoms with van der Waals surface area (Å²) in [6.07, 6.45) is 0.0311. The number of carbonyl (C=O) groups is 3. The molecule has 0 aromatic heterocycles. The predicted octanol–water partition coefficient (Wildman–Crippen LogP) is 4.01. The van der Waals surface area contributed by atoms with Gasteiger partial charge in [-0.05, 0) is 30.5 Å². The fourth-order valence-corrected chi connectivity index (χ4v) is 3.94. The van der Waals surface area contributed by atoms with Gasteiger partial charge in [-0.25, -0.2) is 0 Å². The van der Waals surface area contributed by atoms with E-state index in [1.54, 1.807) is 0 Å². The maximum absolute atomic E-state index is 12.4. The van der Waals surface area contributed by atoms with Crippen LogP contribution in [0.1, 0.15) is 54.9 Å². The van der Waals surface area contributed by atoms with E-state index < -0.39 is 37.6 Å². The van der Waals surface area contributed by atoms with Gasteiger partial charge in [0.05, 0.1) is 13.5 Å². The van der Waals surface area contributed by atoms with Crippen LogP contribution in [0.4, 0.5) is 0 Å². The van der Waals surface area contributed by atoms with E-state index in [1.165, 1.54) is 14.0 Å². The average Bonchev–Trinajstić information content (AvgIpc) is 2.41. The van der Waals surface area contributed by atoms with E-state index in [4.69, 9.17) is 9.16 Å². The van der Waals surface area contributed by atoms with Crippen molar-refractivity contribution in [2.45, 2.75) is 79.1 Å². The zero-order chi connectivity index (χ0) is 20.2. The fourth-order valence-electron chi connectivity index (χ4n) is 2.61. The van der Waals surface area contributed by atoms with Crippen LogP contribution < -0.4 is 0 Å². The van der Waals surface area contributed by atoms with Crippen molar-refractivity contribution >= 4 is 26.4 Å². The van der Waals surface area contributed by atoms with Crippen molar-refractivity contribution in [3.63, 3.8) is 0 Å². The van der Waals surface area contributed by atoms with Gasteiger partial charge < -0.3 is 14.0 Å². The monoisotopic (exact) mass is 372 g/mol. The molecule has 0 amide bonds. The largest absolute Gasteiger partial charge is 0.469 e. The molecule has 25 heavy (non-hydrogen) atoms. The molecule has 0 aliphatic heterocycles. The highest BCUT2D eigenvalue weighted by atomic mass is 28.4. The minimum atomic E-state index is -2.26. The smallest absolute Gasteiger partial charge is 0.305 e. The molecule has 0 fully saturated rings. The van der Waals surface area contributed by atoms with Gasteiger partial charge in [0.2, 0.25) is 0 Å². The van der Waals surface area contributed by atoms with Gasteiger partial charge in [0.15, 0.2) is 14.1 Å². The van der Waals surface area contributed by atoms with Crippen molar-refractivity contribution in [1.82, 2.24) is 0 Å². The van der Waals surface area contributed by atoms with Crippen LogP contribution in [0.15, 0.2) is 0 Å². The van der Waals surface area contributed by atoms with Crippen LogP contribution in [0.3, 0.4) is 0 Å². The van der Waals surface area contributed by atoms with E-state index >= 15 is 0 Å². The van der Waals surface area contributed by atoms with Gasteiger partial charge in [-0.2, -0.15) is 0 Å². The number of hydrogen-bond donors (Lipinski definition) is 0. The summed E-state index contributed by atoms with van der Waals surface area (Å²) in [6.45, 7) is 17.6. The lowest BCUT2D eigenvalue weighted by molar-refractivity contribution is -0.145. The summed E-state index contributed by atoms with van der Waals surface area (Å²) in [4.78, 5) is 36.2.